The molecule has 0 saturated carbocycles. The first-order valence-electron chi connectivity index (χ1n) is 6.68. The normalized spacial score (nSPS) is 10.9. The summed E-state index contributed by atoms with van der Waals surface area (Å²) in [6.45, 7) is 0. The van der Waals surface area contributed by atoms with Gasteiger partial charge in [-0.15, -0.1) is 11.3 Å². The first-order valence-corrected chi connectivity index (χ1v) is 7.56. The summed E-state index contributed by atoms with van der Waals surface area (Å²) in [6, 6.07) is 16.9. The molecule has 0 amide bonds. The van der Waals surface area contributed by atoms with Crippen LogP contribution in [-0.4, -0.2) is 9.78 Å². The lowest BCUT2D eigenvalue weighted by molar-refractivity contribution is 0.856. The van der Waals surface area contributed by atoms with Gasteiger partial charge in [-0.3, -0.25) is 4.79 Å². The topological polar surface area (TPSA) is 58.7 Å². The molecule has 0 radical (unpaired) electrons. The van der Waals surface area contributed by atoms with Crippen molar-refractivity contribution in [3.8, 4) is 23.0 Å². The first kappa shape index (κ1) is 12.7. The Hall–Kier alpha value is -2.97. The molecule has 4 nitrogen and oxygen atoms in total. The zero-order valence-corrected chi connectivity index (χ0v) is 12.2. The molecule has 0 fully saturated rings. The van der Waals surface area contributed by atoms with E-state index in [9.17, 15) is 10.1 Å². The van der Waals surface area contributed by atoms with Gasteiger partial charge in [0.05, 0.1) is 16.8 Å². The van der Waals surface area contributed by atoms with E-state index in [1.54, 1.807) is 24.3 Å². The molecule has 0 aliphatic carbocycles. The van der Waals surface area contributed by atoms with E-state index in [0.717, 1.165) is 10.1 Å². The molecular formula is C17H9N3OS. The molecular weight excluding hydrogens is 294 g/mol. The predicted molar refractivity (Wildman–Crippen MR) is 86.6 cm³/mol. The summed E-state index contributed by atoms with van der Waals surface area (Å²) in [7, 11) is 0. The number of benzene rings is 2. The van der Waals surface area contributed by atoms with Gasteiger partial charge in [0.15, 0.2) is 0 Å². The molecule has 2 heterocycles. The zero-order valence-electron chi connectivity index (χ0n) is 11.4. The van der Waals surface area contributed by atoms with E-state index < -0.39 is 0 Å². The summed E-state index contributed by atoms with van der Waals surface area (Å²) in [5.74, 6) is 0. The predicted octanol–water partition coefficient (Wildman–Crippen LogP) is 3.42. The van der Waals surface area contributed by atoms with Crippen molar-refractivity contribution in [2.75, 3.05) is 0 Å². The molecule has 22 heavy (non-hydrogen) atoms. The van der Waals surface area contributed by atoms with Crippen molar-refractivity contribution in [1.82, 2.24) is 9.78 Å². The highest BCUT2D eigenvalue weighted by Crippen LogP contribution is 2.30. The summed E-state index contributed by atoms with van der Waals surface area (Å²) in [5.41, 5.74) is 2.00. The van der Waals surface area contributed by atoms with E-state index in [4.69, 9.17) is 0 Å². The van der Waals surface area contributed by atoms with E-state index in [-0.39, 0.29) is 5.56 Å². The molecule has 0 spiro atoms. The third kappa shape index (κ3) is 1.75. The molecule has 0 N–H and O–H groups in total. The Morgan fingerprint density at radius 2 is 1.86 bits per heavy atom. The van der Waals surface area contributed by atoms with Crippen LogP contribution in [0.2, 0.25) is 0 Å². The zero-order chi connectivity index (χ0) is 15.1. The second-order valence-corrected chi connectivity index (χ2v) is 5.75. The van der Waals surface area contributed by atoms with Gasteiger partial charge in [-0.05, 0) is 18.2 Å². The second-order valence-electron chi connectivity index (χ2n) is 4.84. The quantitative estimate of drug-likeness (QED) is 0.541. The molecule has 5 heteroatoms. The van der Waals surface area contributed by atoms with Crippen LogP contribution in [0.3, 0.4) is 0 Å². The van der Waals surface area contributed by atoms with Crippen LogP contribution in [0.25, 0.3) is 27.0 Å². The summed E-state index contributed by atoms with van der Waals surface area (Å²) in [4.78, 5) is 12.6. The molecule has 0 unspecified atom stereocenters. The second kappa shape index (κ2) is 4.79. The van der Waals surface area contributed by atoms with Gasteiger partial charge in [-0.25, -0.2) is 0 Å². The van der Waals surface area contributed by atoms with E-state index in [1.807, 2.05) is 29.6 Å². The number of fused-ring (bicyclic) bond motifs is 3. The average Bonchev–Trinajstić information content (AvgIpc) is 2.92. The number of nitriles is 1. The summed E-state index contributed by atoms with van der Waals surface area (Å²) in [6.07, 6.45) is 0. The Bertz CT molecular complexity index is 1070. The summed E-state index contributed by atoms with van der Waals surface area (Å²) < 4.78 is 2.40. The minimum absolute atomic E-state index is 0.195. The van der Waals surface area contributed by atoms with Crippen molar-refractivity contribution in [3.63, 3.8) is 0 Å². The number of nitrogens with zero attached hydrogens (tertiary/aromatic N) is 3. The Balaban J connectivity index is 2.11. The van der Waals surface area contributed by atoms with Crippen LogP contribution in [0.4, 0.5) is 0 Å². The van der Waals surface area contributed by atoms with E-state index in [1.165, 1.54) is 16.0 Å². The molecule has 104 valence electrons. The lowest BCUT2D eigenvalue weighted by Gasteiger charge is -2.01. The number of rotatable bonds is 1. The average molecular weight is 303 g/mol. The number of hydrogen-bond acceptors (Lipinski definition) is 4. The van der Waals surface area contributed by atoms with Crippen LogP contribution in [0, 0.1) is 11.3 Å². The molecule has 4 rings (SSSR count). The highest BCUT2D eigenvalue weighted by molar-refractivity contribution is 7.17. The van der Waals surface area contributed by atoms with Crippen LogP contribution in [0.1, 0.15) is 5.56 Å². The summed E-state index contributed by atoms with van der Waals surface area (Å²) >= 11 is 1.52. The van der Waals surface area contributed by atoms with Gasteiger partial charge < -0.3 is 0 Å². The smallest absolute Gasteiger partial charge is 0.267 e. The van der Waals surface area contributed by atoms with Crippen molar-refractivity contribution in [2.45, 2.75) is 0 Å². The Morgan fingerprint density at radius 1 is 1.09 bits per heavy atom. The van der Waals surface area contributed by atoms with Crippen LogP contribution in [0.5, 0.6) is 0 Å². The van der Waals surface area contributed by atoms with Crippen molar-refractivity contribution < 1.29 is 0 Å². The number of aromatic nitrogens is 2. The highest BCUT2D eigenvalue weighted by Gasteiger charge is 2.19. The van der Waals surface area contributed by atoms with Crippen LogP contribution >= 0.6 is 11.3 Å². The van der Waals surface area contributed by atoms with Gasteiger partial charge in [0.1, 0.15) is 11.8 Å². The lowest BCUT2D eigenvalue weighted by atomic mass is 10.1. The van der Waals surface area contributed by atoms with Crippen LogP contribution < -0.4 is 5.56 Å². The first-order chi connectivity index (χ1) is 10.8. The van der Waals surface area contributed by atoms with Gasteiger partial charge >= 0.3 is 0 Å². The molecule has 2 aliphatic heterocycles. The molecule has 2 aromatic rings. The fourth-order valence-electron chi connectivity index (χ4n) is 2.52. The largest absolute Gasteiger partial charge is 0.281 e. The third-order valence-electron chi connectivity index (χ3n) is 3.58. The minimum Gasteiger partial charge on any atom is -0.267 e. The van der Waals surface area contributed by atoms with Crippen molar-refractivity contribution in [3.05, 3.63) is 69.8 Å². The SMILES string of the molecule is N#Cc1ccccc1-n1nc2c3ccccc3scc-2c1=O. The third-order valence-corrected chi connectivity index (χ3v) is 4.54. The molecule has 2 aromatic carbocycles. The van der Waals surface area contributed by atoms with E-state index in [0.29, 0.717) is 22.5 Å². The van der Waals surface area contributed by atoms with Gasteiger partial charge in [0, 0.05) is 15.5 Å². The van der Waals surface area contributed by atoms with Gasteiger partial charge in [0.2, 0.25) is 0 Å². The molecule has 0 atom stereocenters. The Labute approximate surface area is 129 Å². The molecule has 2 aliphatic rings. The van der Waals surface area contributed by atoms with Gasteiger partial charge in [-0.1, -0.05) is 30.3 Å². The maximum atomic E-state index is 12.6. The minimum atomic E-state index is -0.195. The molecule has 0 saturated heterocycles. The van der Waals surface area contributed by atoms with Gasteiger partial charge in [0.25, 0.3) is 5.56 Å². The van der Waals surface area contributed by atoms with Crippen LogP contribution in [0.15, 0.2) is 58.7 Å². The molecule has 0 bridgehead atoms. The fraction of sp³-hybridized carbons (Fsp3) is 0. The number of para-hydroxylation sites is 1. The van der Waals surface area contributed by atoms with Crippen molar-refractivity contribution >= 4 is 21.4 Å². The van der Waals surface area contributed by atoms with Crippen molar-refractivity contribution in [1.29, 1.82) is 5.26 Å². The highest BCUT2D eigenvalue weighted by atomic mass is 32.1. The Kier molecular flexibility index (Phi) is 2.78. The Morgan fingerprint density at radius 3 is 2.73 bits per heavy atom. The maximum absolute atomic E-state index is 12.6. The van der Waals surface area contributed by atoms with Crippen molar-refractivity contribution in [2.24, 2.45) is 0 Å². The lowest BCUT2D eigenvalue weighted by Crippen LogP contribution is -2.15. The summed E-state index contributed by atoms with van der Waals surface area (Å²) in [5, 5.41) is 16.5. The van der Waals surface area contributed by atoms with E-state index in [2.05, 4.69) is 11.2 Å². The standard InChI is InChI=1S/C17H9N3OS/c18-9-11-5-1-3-7-14(11)20-17(21)13-10-22-15-8-4-2-6-12(15)16(13)19-20/h1-8,10H. The maximum Gasteiger partial charge on any atom is 0.281 e. The monoisotopic (exact) mass is 303 g/mol. The van der Waals surface area contributed by atoms with Gasteiger partial charge in [-0.2, -0.15) is 15.0 Å². The van der Waals surface area contributed by atoms with E-state index >= 15 is 0 Å². The fourth-order valence-corrected chi connectivity index (χ4v) is 3.43. The van der Waals surface area contributed by atoms with Crippen LogP contribution in [-0.2, 0) is 0 Å². The number of hydrogen-bond donors (Lipinski definition) is 0. The molecule has 0 aromatic heterocycles.